The summed E-state index contributed by atoms with van der Waals surface area (Å²) in [5.74, 6) is -4.54. The summed E-state index contributed by atoms with van der Waals surface area (Å²) in [6.45, 7) is 11.6. The number of allylic oxidation sites excluding steroid dienone is 1. The number of nitrogens with zero attached hydrogens (tertiary/aromatic N) is 3. The van der Waals surface area contributed by atoms with E-state index >= 15 is 0 Å². The molecule has 53 heavy (non-hydrogen) atoms. The lowest BCUT2D eigenvalue weighted by molar-refractivity contribution is -0.154. The maximum atomic E-state index is 14.0. The molecule has 1 aliphatic rings. The van der Waals surface area contributed by atoms with Crippen LogP contribution in [0.1, 0.15) is 79.7 Å². The molecule has 6 atom stereocenters. The molecule has 0 fully saturated rings. The fourth-order valence-corrected chi connectivity index (χ4v) is 5.71. The minimum absolute atomic E-state index is 0.0277. The number of likely N-dealkylation sites (N-methyl/N-ethyl adjacent to an activating group) is 3. The maximum Gasteiger partial charge on any atom is 0.334 e. The molecule has 1 unspecified atom stereocenters. The van der Waals surface area contributed by atoms with E-state index in [2.05, 4.69) is 10.6 Å². The minimum atomic E-state index is -1.19. The first kappa shape index (κ1) is 44.4. The maximum absolute atomic E-state index is 14.0. The van der Waals surface area contributed by atoms with Crippen molar-refractivity contribution < 1.29 is 43.0 Å². The van der Waals surface area contributed by atoms with Gasteiger partial charge in [-0.05, 0) is 57.4 Å². The predicted molar refractivity (Wildman–Crippen MR) is 199 cm³/mol. The monoisotopic (exact) mass is 741 g/mol. The highest BCUT2D eigenvalue weighted by atomic mass is 16.5. The lowest BCUT2D eigenvalue weighted by Gasteiger charge is -2.33. The quantitative estimate of drug-likeness (QED) is 0.416. The molecule has 1 heterocycles. The van der Waals surface area contributed by atoms with Crippen molar-refractivity contribution in [3.63, 3.8) is 0 Å². The van der Waals surface area contributed by atoms with Crippen LogP contribution in [0.4, 0.5) is 0 Å². The molecule has 0 bridgehead atoms. The Bertz CT molecular complexity index is 1480. The highest BCUT2D eigenvalue weighted by molar-refractivity contribution is 5.96. The number of amides is 5. The van der Waals surface area contributed by atoms with Gasteiger partial charge in [-0.3, -0.25) is 24.0 Å². The van der Waals surface area contributed by atoms with Gasteiger partial charge in [-0.2, -0.15) is 0 Å². The molecule has 2 rings (SSSR count). The van der Waals surface area contributed by atoms with E-state index in [1.165, 1.54) is 49.7 Å². The normalized spacial score (nSPS) is 26.1. The zero-order valence-electron chi connectivity index (χ0n) is 33.0. The summed E-state index contributed by atoms with van der Waals surface area (Å²) in [5, 5.41) is 5.42. The summed E-state index contributed by atoms with van der Waals surface area (Å²) < 4.78 is 11.0. The van der Waals surface area contributed by atoms with E-state index in [0.717, 1.165) is 5.56 Å². The molecule has 294 valence electrons. The molecule has 0 saturated heterocycles. The van der Waals surface area contributed by atoms with E-state index in [1.807, 2.05) is 39.0 Å². The third-order valence-corrected chi connectivity index (χ3v) is 9.52. The van der Waals surface area contributed by atoms with Crippen LogP contribution in [0.5, 0.6) is 0 Å². The van der Waals surface area contributed by atoms with Crippen molar-refractivity contribution in [1.82, 2.24) is 25.3 Å². The van der Waals surface area contributed by atoms with Gasteiger partial charge < -0.3 is 34.8 Å². The largest absolute Gasteiger partial charge is 0.464 e. The number of esters is 2. The number of carbonyl (C=O) groups is 7. The summed E-state index contributed by atoms with van der Waals surface area (Å²) in [6.07, 6.45) is 2.05. The van der Waals surface area contributed by atoms with Crippen LogP contribution in [-0.2, 0) is 49.5 Å². The zero-order valence-corrected chi connectivity index (χ0v) is 33.0. The number of benzene rings is 1. The second kappa shape index (κ2) is 21.1. The van der Waals surface area contributed by atoms with E-state index in [0.29, 0.717) is 19.3 Å². The number of ether oxygens (including phenoxy) is 2. The summed E-state index contributed by atoms with van der Waals surface area (Å²) >= 11 is 0. The third kappa shape index (κ3) is 13.3. The van der Waals surface area contributed by atoms with Crippen LogP contribution in [0.25, 0.3) is 0 Å². The van der Waals surface area contributed by atoms with Crippen LogP contribution in [0.2, 0.25) is 0 Å². The Kier molecular flexibility index (Phi) is 17.7. The molecular formula is C39H59N5O9. The third-order valence-electron chi connectivity index (χ3n) is 9.52. The molecule has 0 saturated carbocycles. The first-order valence-corrected chi connectivity index (χ1v) is 18.4. The summed E-state index contributed by atoms with van der Waals surface area (Å²) in [4.78, 5) is 98.0. The molecule has 0 aromatic heterocycles. The van der Waals surface area contributed by atoms with Crippen molar-refractivity contribution >= 4 is 41.5 Å². The standard InChI is InChI=1S/C39H59N5O9/c1-11-25(4)33-37(49)43(9)28(7)39(51)52-20-16-15-17-26(5)38(50)53-31(21-24(2)3)34(46)40-27(6)35(47)44(10)30(22-29-18-13-12-14-19-29)36(48)42(8)23-32(45)41-33/h12-14,17-19,24-25,27-28,30-31,33H,11,15-16,20-23H2,1-10H3,(H,40,46)(H,41,45)/b26-17+/t25?,27-,28-,30+,31+,33-/m0/s1. The van der Waals surface area contributed by atoms with Gasteiger partial charge in [-0.1, -0.05) is 70.5 Å². The first-order chi connectivity index (χ1) is 24.9. The van der Waals surface area contributed by atoms with Crippen LogP contribution < -0.4 is 10.6 Å². The highest BCUT2D eigenvalue weighted by Gasteiger charge is 2.36. The van der Waals surface area contributed by atoms with E-state index in [9.17, 15) is 33.6 Å². The molecular weight excluding hydrogens is 682 g/mol. The van der Waals surface area contributed by atoms with Crippen LogP contribution in [0.3, 0.4) is 0 Å². The van der Waals surface area contributed by atoms with Crippen molar-refractivity contribution in [2.24, 2.45) is 11.8 Å². The fraction of sp³-hybridized carbons (Fsp3) is 0.615. The van der Waals surface area contributed by atoms with Gasteiger partial charge in [-0.15, -0.1) is 0 Å². The SMILES string of the molecule is CCC(C)[C@@H]1NC(=O)CN(C)C(=O)[C@@H](Cc2ccccc2)N(C)C(=O)[C@H](C)NC(=O)[C@@H](CC(C)C)OC(=O)/C(C)=C/CCCOC(=O)[C@H](C)N(C)C1=O. The average molecular weight is 742 g/mol. The van der Waals surface area contributed by atoms with Gasteiger partial charge in [-0.25, -0.2) is 9.59 Å². The van der Waals surface area contributed by atoms with Crippen molar-refractivity contribution in [2.45, 2.75) is 111 Å². The van der Waals surface area contributed by atoms with Gasteiger partial charge in [0, 0.05) is 33.1 Å². The Balaban J connectivity index is 2.52. The fourth-order valence-electron chi connectivity index (χ4n) is 5.71. The second-order valence-electron chi connectivity index (χ2n) is 14.4. The van der Waals surface area contributed by atoms with Gasteiger partial charge in [0.15, 0.2) is 6.10 Å². The van der Waals surface area contributed by atoms with E-state index in [4.69, 9.17) is 9.47 Å². The Hall–Kier alpha value is -4.75. The van der Waals surface area contributed by atoms with Gasteiger partial charge >= 0.3 is 11.9 Å². The number of hydrogen-bond acceptors (Lipinski definition) is 9. The Morgan fingerprint density at radius 1 is 0.868 bits per heavy atom. The Labute approximate surface area is 314 Å². The van der Waals surface area contributed by atoms with Crippen LogP contribution in [0.15, 0.2) is 42.0 Å². The molecule has 14 heteroatoms. The van der Waals surface area contributed by atoms with Crippen molar-refractivity contribution in [1.29, 1.82) is 0 Å². The molecule has 0 spiro atoms. The smallest absolute Gasteiger partial charge is 0.334 e. The topological polar surface area (TPSA) is 172 Å². The summed E-state index contributed by atoms with van der Waals surface area (Å²) in [5.41, 5.74) is 1.02. The highest BCUT2D eigenvalue weighted by Crippen LogP contribution is 2.17. The molecule has 5 amide bonds. The number of nitrogens with one attached hydrogen (secondary N) is 2. The summed E-state index contributed by atoms with van der Waals surface area (Å²) in [7, 11) is 4.35. The second-order valence-corrected chi connectivity index (χ2v) is 14.4. The Morgan fingerprint density at radius 3 is 2.11 bits per heavy atom. The van der Waals surface area contributed by atoms with Gasteiger partial charge in [0.25, 0.3) is 5.91 Å². The minimum Gasteiger partial charge on any atom is -0.464 e. The van der Waals surface area contributed by atoms with Gasteiger partial charge in [0.05, 0.1) is 13.2 Å². The number of hydrogen-bond donors (Lipinski definition) is 2. The van der Waals surface area contributed by atoms with Crippen LogP contribution in [-0.4, -0.2) is 121 Å². The lowest BCUT2D eigenvalue weighted by Crippen LogP contribution is -2.57. The predicted octanol–water partition coefficient (Wildman–Crippen LogP) is 2.64. The molecule has 1 aromatic rings. The average Bonchev–Trinajstić information content (AvgIpc) is 3.12. The number of cyclic esters (lactones) is 2. The molecule has 1 aliphatic heterocycles. The molecule has 1 aromatic carbocycles. The molecule has 0 radical (unpaired) electrons. The van der Waals surface area contributed by atoms with E-state index in [1.54, 1.807) is 32.1 Å². The zero-order chi connectivity index (χ0) is 40.0. The van der Waals surface area contributed by atoms with Crippen molar-refractivity contribution in [3.8, 4) is 0 Å². The molecule has 14 nitrogen and oxygen atoms in total. The van der Waals surface area contributed by atoms with Gasteiger partial charge in [0.1, 0.15) is 24.2 Å². The molecule has 2 N–H and O–H groups in total. The van der Waals surface area contributed by atoms with Crippen LogP contribution >= 0.6 is 0 Å². The molecule has 0 aliphatic carbocycles. The van der Waals surface area contributed by atoms with Gasteiger partial charge in [0.2, 0.25) is 23.6 Å². The number of carbonyl (C=O) groups excluding carboxylic acids is 7. The first-order valence-electron chi connectivity index (χ1n) is 18.4. The van der Waals surface area contributed by atoms with E-state index < -0.39 is 78.3 Å². The lowest BCUT2D eigenvalue weighted by atomic mass is 9.97. The van der Waals surface area contributed by atoms with Crippen LogP contribution in [0, 0.1) is 11.8 Å². The Morgan fingerprint density at radius 2 is 1.51 bits per heavy atom. The summed E-state index contributed by atoms with van der Waals surface area (Å²) in [6, 6.07) is 4.93. The van der Waals surface area contributed by atoms with Crippen molar-refractivity contribution in [3.05, 3.63) is 47.5 Å². The number of rotatable bonds is 6. The van der Waals surface area contributed by atoms with E-state index in [-0.39, 0.29) is 36.9 Å². The van der Waals surface area contributed by atoms with Crippen molar-refractivity contribution in [2.75, 3.05) is 34.3 Å².